The van der Waals surface area contributed by atoms with E-state index in [9.17, 15) is 22.8 Å². The van der Waals surface area contributed by atoms with Crippen LogP contribution < -0.4 is 5.32 Å². The number of nitrogens with one attached hydrogen (secondary N) is 1. The molecule has 1 saturated heterocycles. The monoisotopic (exact) mass is 402 g/mol. The predicted molar refractivity (Wildman–Crippen MR) is 105 cm³/mol. The number of likely N-dealkylation sites (N-methyl/N-ethyl adjacent to an activating group) is 1. The summed E-state index contributed by atoms with van der Waals surface area (Å²) in [5.41, 5.74) is 1.80. The van der Waals surface area contributed by atoms with Gasteiger partial charge >= 0.3 is 6.18 Å². The molecule has 4 nitrogen and oxygen atoms in total. The lowest BCUT2D eigenvalue weighted by Gasteiger charge is -2.19. The molecule has 2 aromatic carbocycles. The van der Waals surface area contributed by atoms with Gasteiger partial charge in [-0.1, -0.05) is 36.9 Å². The predicted octanol–water partition coefficient (Wildman–Crippen LogP) is 4.55. The minimum Gasteiger partial charge on any atom is -0.344 e. The van der Waals surface area contributed by atoms with Crippen molar-refractivity contribution in [2.75, 3.05) is 18.9 Å². The van der Waals surface area contributed by atoms with E-state index in [1.165, 1.54) is 17.0 Å². The lowest BCUT2D eigenvalue weighted by molar-refractivity contribution is -0.138. The molecule has 0 aromatic heterocycles. The number of allylic oxidation sites excluding steroid dienone is 1. The third kappa shape index (κ3) is 4.18. The topological polar surface area (TPSA) is 49.4 Å². The van der Waals surface area contributed by atoms with Crippen molar-refractivity contribution in [1.29, 1.82) is 0 Å². The van der Waals surface area contributed by atoms with Gasteiger partial charge in [-0.15, -0.1) is 0 Å². The van der Waals surface area contributed by atoms with Crippen LogP contribution in [0.15, 0.2) is 55.1 Å². The summed E-state index contributed by atoms with van der Waals surface area (Å²) in [6.07, 6.45) is -4.44. The number of para-hydroxylation sites is 1. The van der Waals surface area contributed by atoms with Gasteiger partial charge in [-0.3, -0.25) is 9.59 Å². The van der Waals surface area contributed by atoms with E-state index >= 15 is 0 Å². The summed E-state index contributed by atoms with van der Waals surface area (Å²) in [6, 6.07) is 11.7. The number of likely N-dealkylation sites (tertiary alicyclic amines) is 1. The van der Waals surface area contributed by atoms with Crippen LogP contribution in [-0.2, 0) is 15.8 Å². The molecule has 29 heavy (non-hydrogen) atoms. The highest BCUT2D eigenvalue weighted by Crippen LogP contribution is 2.36. The minimum atomic E-state index is -4.44. The van der Waals surface area contributed by atoms with Gasteiger partial charge < -0.3 is 10.2 Å². The zero-order valence-corrected chi connectivity index (χ0v) is 16.1. The van der Waals surface area contributed by atoms with E-state index in [1.54, 1.807) is 19.2 Å². The Morgan fingerprint density at radius 1 is 1.14 bits per heavy atom. The first-order valence-corrected chi connectivity index (χ1v) is 9.07. The van der Waals surface area contributed by atoms with Crippen molar-refractivity contribution in [2.24, 2.45) is 5.92 Å². The van der Waals surface area contributed by atoms with Crippen LogP contribution in [0, 0.1) is 5.92 Å². The quantitative estimate of drug-likeness (QED) is 0.763. The molecule has 2 amide bonds. The van der Waals surface area contributed by atoms with Crippen LogP contribution in [0.1, 0.15) is 29.5 Å². The van der Waals surface area contributed by atoms with E-state index < -0.39 is 29.5 Å². The Morgan fingerprint density at radius 3 is 2.34 bits per heavy atom. The number of halogens is 3. The van der Waals surface area contributed by atoms with Gasteiger partial charge in [-0.05, 0) is 36.3 Å². The van der Waals surface area contributed by atoms with Crippen molar-refractivity contribution in [1.82, 2.24) is 4.90 Å². The molecule has 0 saturated carbocycles. The van der Waals surface area contributed by atoms with Crippen LogP contribution in [-0.4, -0.2) is 30.3 Å². The van der Waals surface area contributed by atoms with Crippen molar-refractivity contribution >= 4 is 23.1 Å². The maximum atomic E-state index is 13.0. The number of benzene rings is 2. The molecule has 152 valence electrons. The Labute approximate surface area is 167 Å². The second-order valence-corrected chi connectivity index (χ2v) is 7.24. The number of carbonyl (C=O) groups is 2. The Kier molecular flexibility index (Phi) is 5.50. The molecule has 1 N–H and O–H groups in total. The Hall–Kier alpha value is -3.09. The molecule has 0 bridgehead atoms. The van der Waals surface area contributed by atoms with E-state index in [0.29, 0.717) is 11.3 Å². The zero-order valence-electron chi connectivity index (χ0n) is 16.1. The van der Waals surface area contributed by atoms with Crippen molar-refractivity contribution in [3.8, 4) is 0 Å². The summed E-state index contributed by atoms with van der Waals surface area (Å²) in [5, 5.41) is 2.79. The van der Waals surface area contributed by atoms with Gasteiger partial charge in [0.2, 0.25) is 11.8 Å². The van der Waals surface area contributed by atoms with E-state index in [1.807, 2.05) is 19.1 Å². The second-order valence-electron chi connectivity index (χ2n) is 7.24. The fourth-order valence-electron chi connectivity index (χ4n) is 3.59. The summed E-state index contributed by atoms with van der Waals surface area (Å²) in [6.45, 7) is 5.95. The van der Waals surface area contributed by atoms with Gasteiger partial charge in [0.15, 0.2) is 0 Å². The largest absolute Gasteiger partial charge is 0.416 e. The molecular weight excluding hydrogens is 381 g/mol. The Morgan fingerprint density at radius 2 is 1.76 bits per heavy atom. The van der Waals surface area contributed by atoms with Crippen molar-refractivity contribution in [3.05, 3.63) is 71.8 Å². The third-order valence-corrected chi connectivity index (χ3v) is 5.11. The molecule has 2 atom stereocenters. The lowest BCUT2D eigenvalue weighted by Crippen LogP contribution is -2.33. The van der Waals surface area contributed by atoms with Crippen LogP contribution in [0.4, 0.5) is 18.9 Å². The number of alkyl halides is 3. The zero-order chi connectivity index (χ0) is 21.3. The first kappa shape index (κ1) is 20.6. The molecule has 1 aliphatic rings. The molecule has 1 aliphatic heterocycles. The summed E-state index contributed by atoms with van der Waals surface area (Å²) in [5.74, 6) is -2.40. The van der Waals surface area contributed by atoms with Gasteiger partial charge in [-0.2, -0.15) is 13.2 Å². The lowest BCUT2D eigenvalue weighted by atomic mass is 9.87. The fraction of sp³-hybridized carbons (Fsp3) is 0.273. The average molecular weight is 402 g/mol. The molecular formula is C22H21F3N2O2. The maximum Gasteiger partial charge on any atom is 0.416 e. The summed E-state index contributed by atoms with van der Waals surface area (Å²) in [7, 11) is 1.58. The summed E-state index contributed by atoms with van der Waals surface area (Å²) in [4.78, 5) is 27.0. The molecule has 0 radical (unpaired) electrons. The van der Waals surface area contributed by atoms with Crippen molar-refractivity contribution < 1.29 is 22.8 Å². The molecule has 1 fully saturated rings. The van der Waals surface area contributed by atoms with Gasteiger partial charge in [0.25, 0.3) is 0 Å². The van der Waals surface area contributed by atoms with Crippen LogP contribution >= 0.6 is 0 Å². The Balaban J connectivity index is 1.89. The molecule has 7 heteroatoms. The molecule has 0 aliphatic carbocycles. The highest BCUT2D eigenvalue weighted by atomic mass is 19.4. The van der Waals surface area contributed by atoms with Crippen LogP contribution in [0.5, 0.6) is 0 Å². The standard InChI is InChI=1S/C22H21F3N2O2/c1-13(2)16-6-4-5-7-18(16)26-20(28)19-17(12-27(3)21(19)29)14-8-10-15(11-9-14)22(23,24)25/h4-11,17,19H,1,12H2,2-3H3,(H,26,28)/t17-,19+/m1/s1. The number of carbonyl (C=O) groups excluding carboxylic acids is 2. The van der Waals surface area contributed by atoms with Gasteiger partial charge in [-0.25, -0.2) is 0 Å². The highest BCUT2D eigenvalue weighted by molar-refractivity contribution is 6.09. The van der Waals surface area contributed by atoms with E-state index in [-0.39, 0.29) is 12.5 Å². The molecule has 0 unspecified atom stereocenters. The first-order chi connectivity index (χ1) is 13.6. The molecule has 0 spiro atoms. The SMILES string of the molecule is C=C(C)c1ccccc1NC(=O)[C@H]1C(=O)N(C)C[C@@H]1c1ccc(C(F)(F)F)cc1. The van der Waals surface area contributed by atoms with Gasteiger partial charge in [0.05, 0.1) is 5.56 Å². The summed E-state index contributed by atoms with van der Waals surface area (Å²) < 4.78 is 38.5. The van der Waals surface area contributed by atoms with Crippen molar-refractivity contribution in [3.63, 3.8) is 0 Å². The van der Waals surface area contributed by atoms with Gasteiger partial charge in [0.1, 0.15) is 5.92 Å². The molecule has 2 aromatic rings. The summed E-state index contributed by atoms with van der Waals surface area (Å²) >= 11 is 0. The molecule has 3 rings (SSSR count). The minimum absolute atomic E-state index is 0.254. The number of hydrogen-bond donors (Lipinski definition) is 1. The highest BCUT2D eigenvalue weighted by Gasteiger charge is 2.44. The van der Waals surface area contributed by atoms with Crippen molar-refractivity contribution in [2.45, 2.75) is 19.0 Å². The van der Waals surface area contributed by atoms with E-state index in [4.69, 9.17) is 0 Å². The van der Waals surface area contributed by atoms with Gasteiger partial charge in [0, 0.05) is 30.8 Å². The number of anilines is 1. The van der Waals surface area contributed by atoms with E-state index in [2.05, 4.69) is 11.9 Å². The maximum absolute atomic E-state index is 13.0. The number of amides is 2. The first-order valence-electron chi connectivity index (χ1n) is 9.07. The smallest absolute Gasteiger partial charge is 0.344 e. The normalized spacial score (nSPS) is 19.3. The number of nitrogens with zero attached hydrogens (tertiary/aromatic N) is 1. The molecule has 1 heterocycles. The number of hydrogen-bond acceptors (Lipinski definition) is 2. The van der Waals surface area contributed by atoms with Crippen LogP contribution in [0.3, 0.4) is 0 Å². The average Bonchev–Trinajstić information content (AvgIpc) is 2.96. The number of rotatable bonds is 4. The van der Waals surface area contributed by atoms with Crippen LogP contribution in [0.25, 0.3) is 5.57 Å². The fourth-order valence-corrected chi connectivity index (χ4v) is 3.59. The second kappa shape index (κ2) is 7.73. The van der Waals surface area contributed by atoms with E-state index in [0.717, 1.165) is 23.3 Å². The van der Waals surface area contributed by atoms with Crippen LogP contribution in [0.2, 0.25) is 0 Å². The Bertz CT molecular complexity index is 951. The third-order valence-electron chi connectivity index (χ3n) is 5.11.